The second kappa shape index (κ2) is 6.38. The van der Waals surface area contributed by atoms with Gasteiger partial charge < -0.3 is 4.74 Å². The third kappa shape index (κ3) is 5.69. The van der Waals surface area contributed by atoms with Gasteiger partial charge >= 0.3 is 5.97 Å². The minimum absolute atomic E-state index is 0.216. The molecule has 1 aromatic rings. The van der Waals surface area contributed by atoms with Crippen LogP contribution >= 0.6 is 23.4 Å². The molecule has 0 saturated heterocycles. The molecule has 4 nitrogen and oxygen atoms in total. The molecule has 1 heterocycles. The summed E-state index contributed by atoms with van der Waals surface area (Å²) in [4.78, 5) is 19.9. The fourth-order valence-corrected chi connectivity index (χ4v) is 2.13. The molecule has 6 heteroatoms. The zero-order chi connectivity index (χ0) is 13.8. The monoisotopic (exact) mass is 288 g/mol. The molecular formula is C12H17ClN2O2S. The zero-order valence-corrected chi connectivity index (χ0v) is 12.6. The molecule has 0 N–H and O–H groups in total. The van der Waals surface area contributed by atoms with Gasteiger partial charge in [0.1, 0.15) is 21.6 Å². The van der Waals surface area contributed by atoms with E-state index in [0.29, 0.717) is 22.4 Å². The molecular weight excluding hydrogens is 272 g/mol. The van der Waals surface area contributed by atoms with E-state index in [-0.39, 0.29) is 11.7 Å². The molecule has 0 amide bonds. The molecule has 0 aliphatic carbocycles. The molecule has 1 rings (SSSR count). The van der Waals surface area contributed by atoms with Gasteiger partial charge in [-0.1, -0.05) is 30.3 Å². The predicted octanol–water partition coefficient (Wildman–Crippen LogP) is 3.13. The van der Waals surface area contributed by atoms with E-state index in [1.165, 1.54) is 11.8 Å². The Bertz CT molecular complexity index is 433. The molecule has 1 aromatic heterocycles. The summed E-state index contributed by atoms with van der Waals surface area (Å²) in [6.07, 6.45) is 0.709. The van der Waals surface area contributed by atoms with Gasteiger partial charge in [0.25, 0.3) is 0 Å². The Kier molecular flexibility index (Phi) is 5.41. The SMILES string of the molecule is CCc1nc(Cl)cc(SCC(=O)OC(C)(C)C)n1. The first-order valence-electron chi connectivity index (χ1n) is 5.68. The van der Waals surface area contributed by atoms with E-state index in [2.05, 4.69) is 9.97 Å². The number of rotatable bonds is 4. The van der Waals surface area contributed by atoms with E-state index >= 15 is 0 Å². The lowest BCUT2D eigenvalue weighted by Crippen LogP contribution is -2.24. The third-order valence-electron chi connectivity index (χ3n) is 1.79. The highest BCUT2D eigenvalue weighted by Gasteiger charge is 2.16. The molecule has 0 bridgehead atoms. The summed E-state index contributed by atoms with van der Waals surface area (Å²) >= 11 is 7.17. The maximum absolute atomic E-state index is 11.6. The van der Waals surface area contributed by atoms with E-state index < -0.39 is 5.60 Å². The van der Waals surface area contributed by atoms with Crippen LogP contribution < -0.4 is 0 Å². The van der Waals surface area contributed by atoms with Crippen LogP contribution in [0, 0.1) is 0 Å². The summed E-state index contributed by atoms with van der Waals surface area (Å²) in [6.45, 7) is 7.47. The number of carbonyl (C=O) groups excluding carboxylic acids is 1. The van der Waals surface area contributed by atoms with Crippen molar-refractivity contribution in [1.82, 2.24) is 9.97 Å². The largest absolute Gasteiger partial charge is 0.459 e. The number of thioether (sulfide) groups is 1. The van der Waals surface area contributed by atoms with Crippen LogP contribution in [0.25, 0.3) is 0 Å². The first kappa shape index (κ1) is 15.2. The highest BCUT2D eigenvalue weighted by atomic mass is 35.5. The van der Waals surface area contributed by atoms with Crippen molar-refractivity contribution in [2.45, 2.75) is 44.7 Å². The summed E-state index contributed by atoms with van der Waals surface area (Å²) in [7, 11) is 0. The van der Waals surface area contributed by atoms with Crippen molar-refractivity contribution in [3.63, 3.8) is 0 Å². The van der Waals surface area contributed by atoms with Crippen LogP contribution in [0.5, 0.6) is 0 Å². The van der Waals surface area contributed by atoms with E-state index in [4.69, 9.17) is 16.3 Å². The van der Waals surface area contributed by atoms with E-state index in [1.807, 2.05) is 27.7 Å². The molecule has 0 unspecified atom stereocenters. The Morgan fingerprint density at radius 1 is 1.44 bits per heavy atom. The number of nitrogens with zero attached hydrogens (tertiary/aromatic N) is 2. The molecule has 0 aromatic carbocycles. The molecule has 100 valence electrons. The highest BCUT2D eigenvalue weighted by molar-refractivity contribution is 7.99. The van der Waals surface area contributed by atoms with Crippen molar-refractivity contribution in [1.29, 1.82) is 0 Å². The topological polar surface area (TPSA) is 52.1 Å². The lowest BCUT2D eigenvalue weighted by molar-refractivity contribution is -0.151. The minimum atomic E-state index is -0.463. The Morgan fingerprint density at radius 3 is 2.67 bits per heavy atom. The maximum Gasteiger partial charge on any atom is 0.316 e. The number of hydrogen-bond donors (Lipinski definition) is 0. The van der Waals surface area contributed by atoms with Crippen LogP contribution in [0.2, 0.25) is 5.15 Å². The number of ether oxygens (including phenoxy) is 1. The smallest absolute Gasteiger partial charge is 0.316 e. The zero-order valence-electron chi connectivity index (χ0n) is 11.0. The lowest BCUT2D eigenvalue weighted by Gasteiger charge is -2.19. The molecule has 0 aliphatic heterocycles. The second-order valence-electron chi connectivity index (χ2n) is 4.67. The predicted molar refractivity (Wildman–Crippen MR) is 73.0 cm³/mol. The Hall–Kier alpha value is -0.810. The number of hydrogen-bond acceptors (Lipinski definition) is 5. The summed E-state index contributed by atoms with van der Waals surface area (Å²) < 4.78 is 5.21. The standard InChI is InChI=1S/C12H17ClN2O2S/c1-5-9-14-8(13)6-10(15-9)18-7-11(16)17-12(2,3)4/h6H,5,7H2,1-4H3. The maximum atomic E-state index is 11.6. The number of halogens is 1. The van der Waals surface area contributed by atoms with Crippen molar-refractivity contribution in [3.8, 4) is 0 Å². The van der Waals surface area contributed by atoms with Crippen LogP contribution in [-0.4, -0.2) is 27.3 Å². The van der Waals surface area contributed by atoms with Gasteiger partial charge in [-0.25, -0.2) is 9.97 Å². The van der Waals surface area contributed by atoms with Crippen molar-refractivity contribution in [2.75, 3.05) is 5.75 Å². The molecule has 0 radical (unpaired) electrons. The number of aryl methyl sites for hydroxylation is 1. The van der Waals surface area contributed by atoms with Crippen LogP contribution in [0.3, 0.4) is 0 Å². The second-order valence-corrected chi connectivity index (χ2v) is 6.06. The fraction of sp³-hybridized carbons (Fsp3) is 0.583. The lowest BCUT2D eigenvalue weighted by atomic mass is 10.2. The molecule has 0 saturated carbocycles. The quantitative estimate of drug-likeness (QED) is 0.484. The normalized spacial score (nSPS) is 11.4. The van der Waals surface area contributed by atoms with Gasteiger partial charge in [0.2, 0.25) is 0 Å². The van der Waals surface area contributed by atoms with Crippen LogP contribution in [0.1, 0.15) is 33.5 Å². The van der Waals surface area contributed by atoms with Crippen LogP contribution in [0.4, 0.5) is 0 Å². The summed E-state index contributed by atoms with van der Waals surface area (Å²) in [5, 5.41) is 1.09. The first-order chi connectivity index (χ1) is 8.30. The van der Waals surface area contributed by atoms with E-state index in [9.17, 15) is 4.79 Å². The Balaban J connectivity index is 2.58. The Morgan fingerprint density at radius 2 is 2.11 bits per heavy atom. The average molecular weight is 289 g/mol. The van der Waals surface area contributed by atoms with Crippen LogP contribution in [0.15, 0.2) is 11.1 Å². The van der Waals surface area contributed by atoms with Gasteiger partial charge in [-0.05, 0) is 20.8 Å². The number of aromatic nitrogens is 2. The van der Waals surface area contributed by atoms with Crippen LogP contribution in [-0.2, 0) is 16.0 Å². The third-order valence-corrected chi connectivity index (χ3v) is 2.87. The molecule has 18 heavy (non-hydrogen) atoms. The van der Waals surface area contributed by atoms with Gasteiger partial charge in [-0.15, -0.1) is 0 Å². The molecule has 0 aliphatic rings. The van der Waals surface area contributed by atoms with Crippen molar-refractivity contribution < 1.29 is 9.53 Å². The van der Waals surface area contributed by atoms with Gasteiger partial charge in [-0.2, -0.15) is 0 Å². The number of esters is 1. The van der Waals surface area contributed by atoms with Gasteiger partial charge in [-0.3, -0.25) is 4.79 Å². The fourth-order valence-electron chi connectivity index (χ4n) is 1.18. The minimum Gasteiger partial charge on any atom is -0.459 e. The van der Waals surface area contributed by atoms with Gasteiger partial charge in [0.05, 0.1) is 5.75 Å². The van der Waals surface area contributed by atoms with Crippen molar-refractivity contribution in [3.05, 3.63) is 17.0 Å². The highest BCUT2D eigenvalue weighted by Crippen LogP contribution is 2.20. The van der Waals surface area contributed by atoms with Gasteiger partial charge in [0, 0.05) is 12.5 Å². The van der Waals surface area contributed by atoms with E-state index in [0.717, 1.165) is 0 Å². The number of carbonyl (C=O) groups is 1. The summed E-state index contributed by atoms with van der Waals surface area (Å²) in [5.41, 5.74) is -0.463. The summed E-state index contributed by atoms with van der Waals surface area (Å²) in [5.74, 6) is 0.628. The van der Waals surface area contributed by atoms with Crippen molar-refractivity contribution >= 4 is 29.3 Å². The summed E-state index contributed by atoms with van der Waals surface area (Å²) in [6, 6.07) is 1.65. The Labute approximate surface area is 116 Å². The molecule has 0 atom stereocenters. The van der Waals surface area contributed by atoms with Crippen molar-refractivity contribution in [2.24, 2.45) is 0 Å². The van der Waals surface area contributed by atoms with Gasteiger partial charge in [0.15, 0.2) is 0 Å². The molecule has 0 fully saturated rings. The molecule has 0 spiro atoms. The average Bonchev–Trinajstić information content (AvgIpc) is 2.23. The first-order valence-corrected chi connectivity index (χ1v) is 7.04. The van der Waals surface area contributed by atoms with E-state index in [1.54, 1.807) is 6.07 Å².